The predicted molar refractivity (Wildman–Crippen MR) is 120 cm³/mol. The van der Waals surface area contributed by atoms with Gasteiger partial charge in [-0.25, -0.2) is 0 Å². The molecule has 2 heterocycles. The summed E-state index contributed by atoms with van der Waals surface area (Å²) < 4.78 is 12.7. The lowest BCUT2D eigenvalue weighted by Gasteiger charge is -2.12. The third-order valence-electron chi connectivity index (χ3n) is 5.48. The third-order valence-corrected chi connectivity index (χ3v) is 5.48. The molecule has 0 atom stereocenters. The Bertz CT molecular complexity index is 1170. The zero-order chi connectivity index (χ0) is 22.7. The van der Waals surface area contributed by atoms with Crippen molar-refractivity contribution in [1.82, 2.24) is 14.9 Å². The molecule has 0 saturated carbocycles. The maximum absolute atomic E-state index is 12.9. The molecular weight excluding hydrogens is 394 g/mol. The van der Waals surface area contributed by atoms with E-state index in [0.29, 0.717) is 29.2 Å². The van der Waals surface area contributed by atoms with Crippen molar-refractivity contribution in [2.75, 3.05) is 14.2 Å². The average Bonchev–Trinajstić information content (AvgIpc) is 2.99. The summed E-state index contributed by atoms with van der Waals surface area (Å²) in [5, 5.41) is 2.90. The highest BCUT2D eigenvalue weighted by Gasteiger charge is 2.18. The first-order valence-corrected chi connectivity index (χ1v) is 10.1. The van der Waals surface area contributed by atoms with E-state index in [1.807, 2.05) is 62.7 Å². The number of rotatable bonds is 7. The molecule has 0 aliphatic heterocycles. The Kier molecular flexibility index (Phi) is 6.53. The number of hydrogen-bond donors (Lipinski definition) is 2. The summed E-state index contributed by atoms with van der Waals surface area (Å²) in [5.74, 6) is 1.15. The van der Waals surface area contributed by atoms with Crippen LogP contribution in [0.15, 0.2) is 35.3 Å². The summed E-state index contributed by atoms with van der Waals surface area (Å²) in [4.78, 5) is 27.9. The first-order valence-electron chi connectivity index (χ1n) is 10.1. The van der Waals surface area contributed by atoms with E-state index < -0.39 is 0 Å². The number of amides is 1. The van der Waals surface area contributed by atoms with E-state index in [-0.39, 0.29) is 18.0 Å². The van der Waals surface area contributed by atoms with E-state index in [9.17, 15) is 9.59 Å². The highest BCUT2D eigenvalue weighted by Crippen LogP contribution is 2.28. The molecule has 0 bridgehead atoms. The van der Waals surface area contributed by atoms with Crippen molar-refractivity contribution >= 4 is 5.91 Å². The first kappa shape index (κ1) is 22.2. The normalized spacial score (nSPS) is 10.8. The molecule has 7 heteroatoms. The lowest BCUT2D eigenvalue weighted by molar-refractivity contribution is 0.0949. The third kappa shape index (κ3) is 4.66. The Labute approximate surface area is 182 Å². The second-order valence-corrected chi connectivity index (χ2v) is 7.72. The highest BCUT2D eigenvalue weighted by molar-refractivity contribution is 5.96. The lowest BCUT2D eigenvalue weighted by Crippen LogP contribution is -2.28. The van der Waals surface area contributed by atoms with Crippen molar-refractivity contribution in [3.8, 4) is 11.5 Å². The number of carbonyl (C=O) groups is 1. The molecule has 1 amide bonds. The predicted octanol–water partition coefficient (Wildman–Crippen LogP) is 3.41. The largest absolute Gasteiger partial charge is 0.493 e. The van der Waals surface area contributed by atoms with Crippen LogP contribution in [0.4, 0.5) is 0 Å². The number of nitrogens with one attached hydrogen (secondary N) is 2. The van der Waals surface area contributed by atoms with Gasteiger partial charge < -0.3 is 24.3 Å². The van der Waals surface area contributed by atoms with Crippen LogP contribution in [0.5, 0.6) is 11.5 Å². The zero-order valence-corrected chi connectivity index (χ0v) is 18.9. The minimum absolute atomic E-state index is 0.169. The molecule has 2 N–H and O–H groups in total. The molecule has 7 nitrogen and oxygen atoms in total. The first-order chi connectivity index (χ1) is 14.7. The second-order valence-electron chi connectivity index (χ2n) is 7.72. The standard InChI is InChI=1S/C24H29N3O4/c1-14-9-16(3)26-23(28)19(14)11-25-24(29)22-15(2)12-27(17(22)4)13-18-7-8-20(30-5)21(10-18)31-6/h7-10,12H,11,13H2,1-6H3,(H,25,29)(H,26,28). The molecule has 0 aliphatic rings. The molecule has 0 fully saturated rings. The van der Waals surface area contributed by atoms with E-state index in [1.165, 1.54) is 0 Å². The number of nitrogens with zero attached hydrogens (tertiary/aromatic N) is 1. The Morgan fingerprint density at radius 1 is 1.03 bits per heavy atom. The quantitative estimate of drug-likeness (QED) is 0.610. The van der Waals surface area contributed by atoms with Crippen molar-refractivity contribution in [1.29, 1.82) is 0 Å². The van der Waals surface area contributed by atoms with Gasteiger partial charge in [0.05, 0.1) is 19.8 Å². The molecule has 0 spiro atoms. The van der Waals surface area contributed by atoms with Crippen molar-refractivity contribution in [2.45, 2.75) is 40.8 Å². The smallest absolute Gasteiger partial charge is 0.253 e. The molecule has 164 valence electrons. The number of ether oxygens (including phenoxy) is 2. The summed E-state index contributed by atoms with van der Waals surface area (Å²) in [6, 6.07) is 7.68. The van der Waals surface area contributed by atoms with Gasteiger partial charge in [-0.05, 0) is 62.6 Å². The van der Waals surface area contributed by atoms with Crippen LogP contribution in [-0.2, 0) is 13.1 Å². The van der Waals surface area contributed by atoms with Crippen molar-refractivity contribution < 1.29 is 14.3 Å². The van der Waals surface area contributed by atoms with Crippen LogP contribution in [0.3, 0.4) is 0 Å². The van der Waals surface area contributed by atoms with Gasteiger partial charge in [-0.1, -0.05) is 6.07 Å². The van der Waals surface area contributed by atoms with Crippen LogP contribution in [0.2, 0.25) is 0 Å². The van der Waals surface area contributed by atoms with Gasteiger partial charge in [0.25, 0.3) is 11.5 Å². The lowest BCUT2D eigenvalue weighted by atomic mass is 10.1. The van der Waals surface area contributed by atoms with Crippen LogP contribution in [0.1, 0.15) is 44.0 Å². The Morgan fingerprint density at radius 3 is 2.39 bits per heavy atom. The van der Waals surface area contributed by atoms with Crippen LogP contribution in [-0.4, -0.2) is 29.7 Å². The number of carbonyl (C=O) groups excluding carboxylic acids is 1. The minimum atomic E-state index is -0.194. The number of aryl methyl sites for hydroxylation is 3. The van der Waals surface area contributed by atoms with Crippen molar-refractivity contribution in [3.63, 3.8) is 0 Å². The monoisotopic (exact) mass is 423 g/mol. The Morgan fingerprint density at radius 2 is 1.74 bits per heavy atom. The molecule has 2 aromatic heterocycles. The zero-order valence-electron chi connectivity index (χ0n) is 18.9. The van der Waals surface area contributed by atoms with Crippen LogP contribution < -0.4 is 20.3 Å². The maximum atomic E-state index is 12.9. The van der Waals surface area contributed by atoms with Crippen LogP contribution in [0.25, 0.3) is 0 Å². The van der Waals surface area contributed by atoms with Gasteiger partial charge in [-0.3, -0.25) is 9.59 Å². The molecular formula is C24H29N3O4. The number of H-pyrrole nitrogens is 1. The summed E-state index contributed by atoms with van der Waals surface area (Å²) in [5.41, 5.74) is 5.46. The maximum Gasteiger partial charge on any atom is 0.253 e. The molecule has 31 heavy (non-hydrogen) atoms. The van der Waals surface area contributed by atoms with Gasteiger partial charge in [-0.2, -0.15) is 0 Å². The van der Waals surface area contributed by atoms with Crippen LogP contribution in [0, 0.1) is 27.7 Å². The topological polar surface area (TPSA) is 85.4 Å². The molecule has 0 radical (unpaired) electrons. The number of pyridine rings is 1. The van der Waals surface area contributed by atoms with Gasteiger partial charge in [0.15, 0.2) is 11.5 Å². The highest BCUT2D eigenvalue weighted by atomic mass is 16.5. The van der Waals surface area contributed by atoms with Gasteiger partial charge in [0.2, 0.25) is 0 Å². The number of methoxy groups -OCH3 is 2. The SMILES string of the molecule is COc1ccc(Cn2cc(C)c(C(=O)NCc3c(C)cc(C)[nH]c3=O)c2C)cc1OC. The number of aromatic nitrogens is 2. The van der Waals surface area contributed by atoms with Gasteiger partial charge in [-0.15, -0.1) is 0 Å². The second kappa shape index (κ2) is 9.12. The summed E-state index contributed by atoms with van der Waals surface area (Å²) in [6.45, 7) is 8.32. The number of aromatic amines is 1. The van der Waals surface area contributed by atoms with Crippen LogP contribution >= 0.6 is 0 Å². The molecule has 0 unspecified atom stereocenters. The average molecular weight is 424 g/mol. The van der Waals surface area contributed by atoms with E-state index in [2.05, 4.69) is 10.3 Å². The fraction of sp³-hybridized carbons (Fsp3) is 0.333. The fourth-order valence-corrected chi connectivity index (χ4v) is 3.87. The Balaban J connectivity index is 1.80. The molecule has 1 aromatic carbocycles. The fourth-order valence-electron chi connectivity index (χ4n) is 3.87. The summed E-state index contributed by atoms with van der Waals surface area (Å²) >= 11 is 0. The summed E-state index contributed by atoms with van der Waals surface area (Å²) in [7, 11) is 3.21. The minimum Gasteiger partial charge on any atom is -0.493 e. The Hall–Kier alpha value is -3.48. The number of hydrogen-bond acceptors (Lipinski definition) is 4. The van der Waals surface area contributed by atoms with Crippen molar-refractivity contribution in [3.05, 3.63) is 80.0 Å². The van der Waals surface area contributed by atoms with E-state index in [4.69, 9.17) is 9.47 Å². The molecule has 0 saturated heterocycles. The summed E-state index contributed by atoms with van der Waals surface area (Å²) in [6.07, 6.45) is 1.96. The van der Waals surface area contributed by atoms with E-state index in [1.54, 1.807) is 14.2 Å². The van der Waals surface area contributed by atoms with Gasteiger partial charge in [0.1, 0.15) is 0 Å². The number of benzene rings is 1. The van der Waals surface area contributed by atoms with Crippen molar-refractivity contribution in [2.24, 2.45) is 0 Å². The van der Waals surface area contributed by atoms with Gasteiger partial charge >= 0.3 is 0 Å². The molecule has 3 aromatic rings. The molecule has 0 aliphatic carbocycles. The molecule has 3 rings (SSSR count). The van der Waals surface area contributed by atoms with Gasteiger partial charge in [0, 0.05) is 36.2 Å². The van der Waals surface area contributed by atoms with E-state index in [0.717, 1.165) is 28.1 Å². The van der Waals surface area contributed by atoms with E-state index >= 15 is 0 Å².